The van der Waals surface area contributed by atoms with Crippen molar-refractivity contribution in [2.45, 2.75) is 24.4 Å². The highest BCUT2D eigenvalue weighted by atomic mass is 35.5. The first-order chi connectivity index (χ1) is 11.6. The maximum atomic E-state index is 13.0. The van der Waals surface area contributed by atoms with E-state index in [4.69, 9.17) is 11.6 Å². The van der Waals surface area contributed by atoms with Gasteiger partial charge in [0.1, 0.15) is 0 Å². The quantitative estimate of drug-likeness (QED) is 0.638. The molecule has 0 radical (unpaired) electrons. The Morgan fingerprint density at radius 3 is 2.28 bits per heavy atom. The molecule has 0 atom stereocenters. The fraction of sp³-hybridized carbons (Fsp3) is 0.176. The molecule has 0 aliphatic rings. The molecule has 1 aromatic heterocycles. The van der Waals surface area contributed by atoms with E-state index in [0.717, 1.165) is 9.54 Å². The number of aryl methyl sites for hydroxylation is 1. The Morgan fingerprint density at radius 2 is 1.68 bits per heavy atom. The van der Waals surface area contributed by atoms with Crippen molar-refractivity contribution < 1.29 is 21.6 Å². The number of aromatic nitrogens is 1. The fourth-order valence-electron chi connectivity index (χ4n) is 2.65. The molecule has 0 aliphatic carbocycles. The monoisotopic (exact) mass is 387 g/mol. The van der Waals surface area contributed by atoms with Crippen LogP contribution < -0.4 is 0 Å². The largest absolute Gasteiger partial charge is 0.394 e. The highest BCUT2D eigenvalue weighted by Crippen LogP contribution is 2.31. The third kappa shape index (κ3) is 3.52. The molecule has 0 aliphatic heterocycles. The van der Waals surface area contributed by atoms with E-state index >= 15 is 0 Å². The number of hydrogen-bond donors (Lipinski definition) is 0. The van der Waals surface area contributed by atoms with Crippen LogP contribution in [0.5, 0.6) is 0 Å². The summed E-state index contributed by atoms with van der Waals surface area (Å²) in [5.74, 6) is 0. The standard InChI is InChI=1S/C17H13ClF3NO2S/c1-11-2-5-15(6-3-11)25(23,24)22-14(10-17(19,20)21)9-12-8-13(18)4-7-16(12)22/h2-9H,10H2,1H3. The third-order valence-electron chi connectivity index (χ3n) is 3.73. The molecule has 0 saturated carbocycles. The van der Waals surface area contributed by atoms with Gasteiger partial charge in [0.15, 0.2) is 0 Å². The number of benzene rings is 2. The summed E-state index contributed by atoms with van der Waals surface area (Å²) in [5, 5.41) is 0.651. The lowest BCUT2D eigenvalue weighted by molar-refractivity contribution is -0.127. The Morgan fingerprint density at radius 1 is 1.04 bits per heavy atom. The van der Waals surface area contributed by atoms with Crippen molar-refractivity contribution in [3.63, 3.8) is 0 Å². The number of rotatable bonds is 3. The maximum absolute atomic E-state index is 13.0. The summed E-state index contributed by atoms with van der Waals surface area (Å²) in [4.78, 5) is -0.0750. The number of hydrogen-bond acceptors (Lipinski definition) is 2. The van der Waals surface area contributed by atoms with Gasteiger partial charge in [-0.2, -0.15) is 13.2 Å². The van der Waals surface area contributed by atoms with E-state index in [-0.39, 0.29) is 16.1 Å². The Labute approximate surface area is 147 Å². The summed E-state index contributed by atoms with van der Waals surface area (Å²) in [7, 11) is -4.18. The lowest BCUT2D eigenvalue weighted by Gasteiger charge is -2.13. The van der Waals surface area contributed by atoms with E-state index in [1.807, 2.05) is 0 Å². The molecular formula is C17H13ClF3NO2S. The summed E-state index contributed by atoms with van der Waals surface area (Å²) < 4.78 is 65.5. The van der Waals surface area contributed by atoms with Crippen LogP contribution in [0.1, 0.15) is 11.3 Å². The Balaban J connectivity index is 2.29. The lowest BCUT2D eigenvalue weighted by Crippen LogP contribution is -2.20. The number of fused-ring (bicyclic) bond motifs is 1. The molecule has 8 heteroatoms. The Kier molecular flexibility index (Phi) is 4.33. The van der Waals surface area contributed by atoms with Gasteiger partial charge in [0, 0.05) is 16.1 Å². The van der Waals surface area contributed by atoms with Gasteiger partial charge in [0.05, 0.1) is 16.8 Å². The third-order valence-corrected chi connectivity index (χ3v) is 5.75. The number of alkyl halides is 3. The van der Waals surface area contributed by atoms with E-state index < -0.39 is 22.6 Å². The molecule has 0 unspecified atom stereocenters. The summed E-state index contributed by atoms with van der Waals surface area (Å²) in [6.07, 6.45) is -5.90. The molecule has 0 fully saturated rings. The fourth-order valence-corrected chi connectivity index (χ4v) is 4.37. The van der Waals surface area contributed by atoms with Gasteiger partial charge < -0.3 is 0 Å². The normalized spacial score (nSPS) is 12.7. The lowest BCUT2D eigenvalue weighted by atomic mass is 10.2. The molecule has 132 valence electrons. The van der Waals surface area contributed by atoms with Gasteiger partial charge in [-0.05, 0) is 43.3 Å². The zero-order chi connectivity index (χ0) is 18.4. The predicted molar refractivity (Wildman–Crippen MR) is 90.5 cm³/mol. The molecule has 0 saturated heterocycles. The maximum Gasteiger partial charge on any atom is 0.394 e. The van der Waals surface area contributed by atoms with Gasteiger partial charge in [0.2, 0.25) is 0 Å². The van der Waals surface area contributed by atoms with E-state index in [2.05, 4.69) is 0 Å². The van der Waals surface area contributed by atoms with E-state index in [1.165, 1.54) is 36.4 Å². The Bertz CT molecular complexity index is 1040. The molecule has 0 N–H and O–H groups in total. The SMILES string of the molecule is Cc1ccc(S(=O)(=O)n2c(CC(F)(F)F)cc3cc(Cl)ccc32)cc1. The van der Waals surface area contributed by atoms with Crippen molar-refractivity contribution in [2.24, 2.45) is 0 Å². The second-order valence-corrected chi connectivity index (χ2v) is 7.94. The minimum atomic E-state index is -4.54. The summed E-state index contributed by atoms with van der Waals surface area (Å²) >= 11 is 5.88. The van der Waals surface area contributed by atoms with Crippen molar-refractivity contribution in [1.82, 2.24) is 3.97 Å². The van der Waals surface area contributed by atoms with Gasteiger partial charge in [-0.3, -0.25) is 0 Å². The summed E-state index contributed by atoms with van der Waals surface area (Å²) in [6, 6.07) is 11.5. The van der Waals surface area contributed by atoms with Crippen molar-refractivity contribution in [1.29, 1.82) is 0 Å². The van der Waals surface area contributed by atoms with Gasteiger partial charge in [0.25, 0.3) is 10.0 Å². The van der Waals surface area contributed by atoms with Gasteiger partial charge in [-0.1, -0.05) is 29.3 Å². The minimum absolute atomic E-state index is 0.0750. The zero-order valence-corrected chi connectivity index (χ0v) is 14.6. The van der Waals surface area contributed by atoms with Crippen molar-refractivity contribution in [3.8, 4) is 0 Å². The smallest absolute Gasteiger partial charge is 0.238 e. The van der Waals surface area contributed by atoms with Crippen LogP contribution in [0.25, 0.3) is 10.9 Å². The van der Waals surface area contributed by atoms with E-state index in [9.17, 15) is 21.6 Å². The first-order valence-corrected chi connectivity index (χ1v) is 9.09. The van der Waals surface area contributed by atoms with Crippen molar-refractivity contribution in [3.05, 3.63) is 64.8 Å². The number of halogens is 4. The van der Waals surface area contributed by atoms with Crippen LogP contribution in [-0.4, -0.2) is 18.6 Å². The average Bonchev–Trinajstić information content (AvgIpc) is 2.82. The molecule has 3 nitrogen and oxygen atoms in total. The van der Waals surface area contributed by atoms with Crippen molar-refractivity contribution in [2.75, 3.05) is 0 Å². The molecule has 3 aromatic rings. The summed E-state index contributed by atoms with van der Waals surface area (Å²) in [6.45, 7) is 1.79. The second kappa shape index (κ2) is 6.07. The molecule has 0 amide bonds. The van der Waals surface area contributed by atoms with Crippen LogP contribution in [0.3, 0.4) is 0 Å². The van der Waals surface area contributed by atoms with Crippen LogP contribution in [0.2, 0.25) is 5.02 Å². The molecule has 1 heterocycles. The van der Waals surface area contributed by atoms with E-state index in [1.54, 1.807) is 19.1 Å². The Hall–Kier alpha value is -1.99. The molecule has 0 spiro atoms. The first-order valence-electron chi connectivity index (χ1n) is 7.27. The molecule has 0 bridgehead atoms. The number of nitrogens with zero attached hydrogens (tertiary/aromatic N) is 1. The second-order valence-electron chi connectivity index (χ2n) is 5.71. The average molecular weight is 388 g/mol. The van der Waals surface area contributed by atoms with Crippen LogP contribution in [-0.2, 0) is 16.4 Å². The van der Waals surface area contributed by atoms with Gasteiger partial charge in [-0.25, -0.2) is 12.4 Å². The van der Waals surface area contributed by atoms with Crippen molar-refractivity contribution >= 4 is 32.5 Å². The van der Waals surface area contributed by atoms with Crippen LogP contribution >= 0.6 is 11.6 Å². The van der Waals surface area contributed by atoms with Crippen LogP contribution in [0.15, 0.2) is 53.4 Å². The molecule has 3 rings (SSSR count). The van der Waals surface area contributed by atoms with Crippen LogP contribution in [0.4, 0.5) is 13.2 Å². The summed E-state index contributed by atoms with van der Waals surface area (Å²) in [5.41, 5.74) is 0.646. The van der Waals surface area contributed by atoms with Gasteiger partial charge >= 0.3 is 6.18 Å². The zero-order valence-electron chi connectivity index (χ0n) is 13.0. The molecule has 2 aromatic carbocycles. The molecular weight excluding hydrogens is 375 g/mol. The van der Waals surface area contributed by atoms with Crippen LogP contribution in [0, 0.1) is 6.92 Å². The minimum Gasteiger partial charge on any atom is -0.238 e. The predicted octanol–water partition coefficient (Wildman–Crippen LogP) is 4.94. The topological polar surface area (TPSA) is 39.1 Å². The highest BCUT2D eigenvalue weighted by Gasteiger charge is 2.33. The first kappa shape index (κ1) is 17.8. The van der Waals surface area contributed by atoms with Gasteiger partial charge in [-0.15, -0.1) is 0 Å². The molecule has 25 heavy (non-hydrogen) atoms. The highest BCUT2D eigenvalue weighted by molar-refractivity contribution is 7.90. The van der Waals surface area contributed by atoms with E-state index in [0.29, 0.717) is 10.4 Å².